The Morgan fingerprint density at radius 2 is 2.44 bits per heavy atom. The summed E-state index contributed by atoms with van der Waals surface area (Å²) in [6.07, 6.45) is 1.89. The molecular weight excluding hydrogens is 314 g/mol. The Kier molecular flexibility index (Phi) is 5.12. The number of hydrogen-bond acceptors (Lipinski definition) is 4. The van der Waals surface area contributed by atoms with Crippen molar-refractivity contribution in [3.8, 4) is 0 Å². The van der Waals surface area contributed by atoms with Gasteiger partial charge < -0.3 is 10.5 Å². The fraction of sp³-hybridized carbons (Fsp3) is 0.750. The summed E-state index contributed by atoms with van der Waals surface area (Å²) >= 11 is 5.55. The van der Waals surface area contributed by atoms with E-state index in [4.69, 9.17) is 10.5 Å². The predicted molar refractivity (Wildman–Crippen MR) is 79.0 cm³/mol. The summed E-state index contributed by atoms with van der Waals surface area (Å²) in [6.45, 7) is 2.92. The van der Waals surface area contributed by atoms with Crippen LogP contribution in [0, 0.1) is 0 Å². The Bertz CT molecular complexity index is 404. The van der Waals surface area contributed by atoms with Crippen molar-refractivity contribution in [2.75, 3.05) is 18.1 Å². The summed E-state index contributed by atoms with van der Waals surface area (Å²) < 4.78 is 8.77. The number of aryl methyl sites for hydroxylation is 2. The monoisotopic (exact) mass is 333 g/mol. The first kappa shape index (κ1) is 14.4. The highest BCUT2D eigenvalue weighted by Gasteiger charge is 2.24. The molecule has 2 rings (SSSR count). The van der Waals surface area contributed by atoms with E-state index < -0.39 is 0 Å². The first-order chi connectivity index (χ1) is 8.63. The zero-order chi connectivity index (χ0) is 13.1. The van der Waals surface area contributed by atoms with Gasteiger partial charge in [0.1, 0.15) is 0 Å². The summed E-state index contributed by atoms with van der Waals surface area (Å²) in [5, 5.41) is 4.50. The molecule has 0 radical (unpaired) electrons. The van der Waals surface area contributed by atoms with Crippen molar-refractivity contribution < 1.29 is 4.74 Å². The zero-order valence-corrected chi connectivity index (χ0v) is 13.3. The van der Waals surface area contributed by atoms with Crippen LogP contribution in [-0.4, -0.2) is 40.0 Å². The van der Waals surface area contributed by atoms with Crippen molar-refractivity contribution in [2.24, 2.45) is 12.8 Å². The van der Waals surface area contributed by atoms with Gasteiger partial charge in [0, 0.05) is 31.0 Å². The molecule has 0 aliphatic carbocycles. The second kappa shape index (κ2) is 6.41. The fourth-order valence-corrected chi connectivity index (χ4v) is 3.88. The van der Waals surface area contributed by atoms with Gasteiger partial charge in [-0.2, -0.15) is 16.9 Å². The number of ether oxygens (including phenoxy) is 1. The molecule has 1 fully saturated rings. The predicted octanol–water partition coefficient (Wildman–Crippen LogP) is 1.75. The number of halogens is 1. The van der Waals surface area contributed by atoms with Gasteiger partial charge in [0.2, 0.25) is 0 Å². The smallest absolute Gasteiger partial charge is 0.0820 e. The minimum absolute atomic E-state index is 0.0363. The Hall–Kier alpha value is -0.0400. The second-order valence-electron chi connectivity index (χ2n) is 4.54. The van der Waals surface area contributed by atoms with E-state index in [1.807, 2.05) is 23.5 Å². The van der Waals surface area contributed by atoms with E-state index >= 15 is 0 Å². The highest BCUT2D eigenvalue weighted by atomic mass is 79.9. The molecule has 0 saturated carbocycles. The summed E-state index contributed by atoms with van der Waals surface area (Å²) in [7, 11) is 1.97. The van der Waals surface area contributed by atoms with Gasteiger partial charge in [-0.1, -0.05) is 6.92 Å². The van der Waals surface area contributed by atoms with Crippen LogP contribution in [0.2, 0.25) is 0 Å². The Labute approximate surface area is 121 Å². The van der Waals surface area contributed by atoms with Crippen LogP contribution >= 0.6 is 27.7 Å². The molecular formula is C12H20BrN3OS. The highest BCUT2D eigenvalue weighted by Crippen LogP contribution is 2.24. The standard InChI is InChI=1S/C12H20BrN3OS/c1-3-9-12(13)10(16(2)15-9)6-8(14)11-7-18-5-4-17-11/h8,11H,3-7,14H2,1-2H3. The Balaban J connectivity index is 2.06. The minimum Gasteiger partial charge on any atom is -0.375 e. The topological polar surface area (TPSA) is 53.1 Å². The molecule has 2 unspecified atom stereocenters. The van der Waals surface area contributed by atoms with Crippen LogP contribution in [0.5, 0.6) is 0 Å². The average Bonchev–Trinajstić information content (AvgIpc) is 2.67. The van der Waals surface area contributed by atoms with Crippen LogP contribution in [0.1, 0.15) is 18.3 Å². The highest BCUT2D eigenvalue weighted by molar-refractivity contribution is 9.10. The number of nitrogens with two attached hydrogens (primary N) is 1. The largest absolute Gasteiger partial charge is 0.375 e. The number of thioether (sulfide) groups is 1. The molecule has 2 heterocycles. The molecule has 2 N–H and O–H groups in total. The molecule has 0 bridgehead atoms. The molecule has 2 atom stereocenters. The van der Waals surface area contributed by atoms with Crippen molar-refractivity contribution in [3.05, 3.63) is 15.9 Å². The molecule has 0 amide bonds. The molecule has 6 heteroatoms. The van der Waals surface area contributed by atoms with E-state index in [9.17, 15) is 0 Å². The maximum Gasteiger partial charge on any atom is 0.0820 e. The third-order valence-electron chi connectivity index (χ3n) is 3.25. The molecule has 18 heavy (non-hydrogen) atoms. The average molecular weight is 334 g/mol. The number of rotatable bonds is 4. The van der Waals surface area contributed by atoms with Crippen molar-refractivity contribution in [1.29, 1.82) is 0 Å². The number of aromatic nitrogens is 2. The van der Waals surface area contributed by atoms with Crippen LogP contribution in [0.15, 0.2) is 4.47 Å². The minimum atomic E-state index is 0.0363. The lowest BCUT2D eigenvalue weighted by molar-refractivity contribution is 0.0567. The molecule has 1 aliphatic heterocycles. The van der Waals surface area contributed by atoms with Crippen molar-refractivity contribution in [1.82, 2.24) is 9.78 Å². The molecule has 102 valence electrons. The normalized spacial score (nSPS) is 22.1. The lowest BCUT2D eigenvalue weighted by Gasteiger charge is -2.27. The molecule has 1 aromatic rings. The Morgan fingerprint density at radius 3 is 3.00 bits per heavy atom. The van der Waals surface area contributed by atoms with Gasteiger partial charge in [-0.05, 0) is 22.4 Å². The lowest BCUT2D eigenvalue weighted by atomic mass is 10.1. The van der Waals surface area contributed by atoms with E-state index in [0.717, 1.165) is 41.1 Å². The van der Waals surface area contributed by atoms with Gasteiger partial charge in [-0.15, -0.1) is 0 Å². The van der Waals surface area contributed by atoms with Crippen molar-refractivity contribution in [3.63, 3.8) is 0 Å². The number of nitrogens with zero attached hydrogens (tertiary/aromatic N) is 2. The second-order valence-corrected chi connectivity index (χ2v) is 6.48. The maximum atomic E-state index is 6.27. The number of hydrogen-bond donors (Lipinski definition) is 1. The Morgan fingerprint density at radius 1 is 1.67 bits per heavy atom. The van der Waals surface area contributed by atoms with E-state index in [1.165, 1.54) is 5.69 Å². The SMILES string of the molecule is CCc1nn(C)c(CC(N)C2CSCCO2)c1Br. The molecule has 0 aromatic carbocycles. The van der Waals surface area contributed by atoms with Crippen LogP contribution in [-0.2, 0) is 24.6 Å². The summed E-state index contributed by atoms with van der Waals surface area (Å²) in [5.41, 5.74) is 8.53. The quantitative estimate of drug-likeness (QED) is 0.911. The van der Waals surface area contributed by atoms with Crippen molar-refractivity contribution in [2.45, 2.75) is 31.9 Å². The molecule has 1 aliphatic rings. The van der Waals surface area contributed by atoms with Crippen molar-refractivity contribution >= 4 is 27.7 Å². The van der Waals surface area contributed by atoms with E-state index in [-0.39, 0.29) is 12.1 Å². The van der Waals surface area contributed by atoms with Crippen LogP contribution < -0.4 is 5.73 Å². The van der Waals surface area contributed by atoms with Gasteiger partial charge in [0.15, 0.2) is 0 Å². The third-order valence-corrected chi connectivity index (χ3v) is 5.19. The fourth-order valence-electron chi connectivity index (χ4n) is 2.15. The van der Waals surface area contributed by atoms with Gasteiger partial charge in [0.25, 0.3) is 0 Å². The third kappa shape index (κ3) is 3.10. The van der Waals surface area contributed by atoms with Crippen LogP contribution in [0.4, 0.5) is 0 Å². The molecule has 0 spiro atoms. The van der Waals surface area contributed by atoms with E-state index in [1.54, 1.807) is 0 Å². The first-order valence-corrected chi connectivity index (χ1v) is 8.23. The first-order valence-electron chi connectivity index (χ1n) is 6.28. The molecule has 4 nitrogen and oxygen atoms in total. The summed E-state index contributed by atoms with van der Waals surface area (Å²) in [5.74, 6) is 2.08. The van der Waals surface area contributed by atoms with Gasteiger partial charge in [0.05, 0.1) is 28.6 Å². The summed E-state index contributed by atoms with van der Waals surface area (Å²) in [4.78, 5) is 0. The van der Waals surface area contributed by atoms with E-state index in [2.05, 4.69) is 28.0 Å². The van der Waals surface area contributed by atoms with Gasteiger partial charge >= 0.3 is 0 Å². The maximum absolute atomic E-state index is 6.27. The van der Waals surface area contributed by atoms with Crippen LogP contribution in [0.25, 0.3) is 0 Å². The van der Waals surface area contributed by atoms with Gasteiger partial charge in [-0.25, -0.2) is 0 Å². The van der Waals surface area contributed by atoms with Crippen LogP contribution in [0.3, 0.4) is 0 Å². The lowest BCUT2D eigenvalue weighted by Crippen LogP contribution is -2.43. The zero-order valence-electron chi connectivity index (χ0n) is 10.9. The molecule has 1 aromatic heterocycles. The van der Waals surface area contributed by atoms with Gasteiger partial charge in [-0.3, -0.25) is 4.68 Å². The molecule has 1 saturated heterocycles. The summed E-state index contributed by atoms with van der Waals surface area (Å²) in [6, 6.07) is 0.0363. The van der Waals surface area contributed by atoms with E-state index in [0.29, 0.717) is 0 Å².